The standard InChI is InChI=1S/C14H18FNO2/c15-12-6-4-11(5-7-12)9-14(18)16-8-2-1-3-13(16)10-17/h4-7,13,17H,1-3,8-10H2. The van der Waals surface area contributed by atoms with Gasteiger partial charge in [0.25, 0.3) is 0 Å². The van der Waals surface area contributed by atoms with Gasteiger partial charge in [0.1, 0.15) is 5.82 Å². The molecule has 98 valence electrons. The summed E-state index contributed by atoms with van der Waals surface area (Å²) < 4.78 is 12.8. The smallest absolute Gasteiger partial charge is 0.227 e. The van der Waals surface area contributed by atoms with Crippen LogP contribution >= 0.6 is 0 Å². The highest BCUT2D eigenvalue weighted by atomic mass is 19.1. The molecule has 1 aromatic carbocycles. The zero-order chi connectivity index (χ0) is 13.0. The van der Waals surface area contributed by atoms with E-state index in [2.05, 4.69) is 0 Å². The minimum atomic E-state index is -0.294. The number of rotatable bonds is 3. The maximum atomic E-state index is 12.8. The Labute approximate surface area is 106 Å². The lowest BCUT2D eigenvalue weighted by atomic mass is 10.0. The zero-order valence-electron chi connectivity index (χ0n) is 10.3. The van der Waals surface area contributed by atoms with Crippen molar-refractivity contribution < 1.29 is 14.3 Å². The van der Waals surface area contributed by atoms with Crippen LogP contribution in [0.25, 0.3) is 0 Å². The molecular formula is C14H18FNO2. The van der Waals surface area contributed by atoms with Crippen LogP contribution in [-0.4, -0.2) is 35.1 Å². The molecule has 18 heavy (non-hydrogen) atoms. The maximum Gasteiger partial charge on any atom is 0.227 e. The fourth-order valence-electron chi connectivity index (χ4n) is 2.40. The summed E-state index contributed by atoms with van der Waals surface area (Å²) in [6.07, 6.45) is 3.19. The molecule has 0 aliphatic carbocycles. The summed E-state index contributed by atoms with van der Waals surface area (Å²) in [6, 6.07) is 5.94. The van der Waals surface area contributed by atoms with E-state index in [1.807, 2.05) is 0 Å². The Morgan fingerprint density at radius 2 is 2.06 bits per heavy atom. The highest BCUT2D eigenvalue weighted by molar-refractivity contribution is 5.79. The van der Waals surface area contributed by atoms with Gasteiger partial charge in [0.2, 0.25) is 5.91 Å². The second-order valence-corrected chi connectivity index (χ2v) is 4.72. The van der Waals surface area contributed by atoms with Crippen LogP contribution in [0.5, 0.6) is 0 Å². The van der Waals surface area contributed by atoms with Crippen molar-refractivity contribution in [1.29, 1.82) is 0 Å². The predicted octanol–water partition coefficient (Wildman–Crippen LogP) is 1.74. The number of carbonyl (C=O) groups excluding carboxylic acids is 1. The summed E-state index contributed by atoms with van der Waals surface area (Å²) in [7, 11) is 0. The predicted molar refractivity (Wildman–Crippen MR) is 66.5 cm³/mol. The molecule has 1 aromatic rings. The first-order chi connectivity index (χ1) is 8.70. The van der Waals surface area contributed by atoms with Gasteiger partial charge >= 0.3 is 0 Å². The van der Waals surface area contributed by atoms with Crippen molar-refractivity contribution in [1.82, 2.24) is 4.90 Å². The first-order valence-corrected chi connectivity index (χ1v) is 6.35. The Morgan fingerprint density at radius 1 is 1.33 bits per heavy atom. The van der Waals surface area contributed by atoms with E-state index in [4.69, 9.17) is 0 Å². The fraction of sp³-hybridized carbons (Fsp3) is 0.500. The van der Waals surface area contributed by atoms with Gasteiger partial charge in [-0.1, -0.05) is 12.1 Å². The third-order valence-electron chi connectivity index (χ3n) is 3.43. The molecule has 3 nitrogen and oxygen atoms in total. The zero-order valence-corrected chi connectivity index (χ0v) is 10.3. The van der Waals surface area contributed by atoms with E-state index in [1.165, 1.54) is 12.1 Å². The van der Waals surface area contributed by atoms with Gasteiger partial charge in [0.15, 0.2) is 0 Å². The highest BCUT2D eigenvalue weighted by Crippen LogP contribution is 2.18. The van der Waals surface area contributed by atoms with Crippen molar-refractivity contribution >= 4 is 5.91 Å². The first kappa shape index (κ1) is 13.0. The Kier molecular flexibility index (Phi) is 4.31. The molecule has 1 unspecified atom stereocenters. The van der Waals surface area contributed by atoms with E-state index in [0.29, 0.717) is 6.54 Å². The highest BCUT2D eigenvalue weighted by Gasteiger charge is 2.25. The van der Waals surface area contributed by atoms with Crippen LogP contribution in [0, 0.1) is 5.82 Å². The van der Waals surface area contributed by atoms with Crippen molar-refractivity contribution in [2.24, 2.45) is 0 Å². The van der Waals surface area contributed by atoms with Crippen LogP contribution in [0.2, 0.25) is 0 Å². The summed E-state index contributed by atoms with van der Waals surface area (Å²) in [5.74, 6) is -0.280. The Balaban J connectivity index is 2.00. The average molecular weight is 251 g/mol. The molecule has 0 radical (unpaired) electrons. The van der Waals surface area contributed by atoms with Crippen LogP contribution in [0.15, 0.2) is 24.3 Å². The number of hydrogen-bond acceptors (Lipinski definition) is 2. The van der Waals surface area contributed by atoms with Gasteiger partial charge in [-0.15, -0.1) is 0 Å². The van der Waals surface area contributed by atoms with E-state index in [9.17, 15) is 14.3 Å². The lowest BCUT2D eigenvalue weighted by Gasteiger charge is -2.34. The Morgan fingerprint density at radius 3 is 2.72 bits per heavy atom. The summed E-state index contributed by atoms with van der Waals surface area (Å²) in [4.78, 5) is 13.9. The fourth-order valence-corrected chi connectivity index (χ4v) is 2.40. The van der Waals surface area contributed by atoms with Crippen LogP contribution in [-0.2, 0) is 11.2 Å². The monoisotopic (exact) mass is 251 g/mol. The molecule has 1 amide bonds. The third-order valence-corrected chi connectivity index (χ3v) is 3.43. The largest absolute Gasteiger partial charge is 0.394 e. The molecule has 1 aliphatic heterocycles. The average Bonchev–Trinajstić information content (AvgIpc) is 2.41. The normalized spacial score (nSPS) is 19.9. The molecule has 0 aromatic heterocycles. The van der Waals surface area contributed by atoms with Crippen LogP contribution in [0.3, 0.4) is 0 Å². The summed E-state index contributed by atoms with van der Waals surface area (Å²) in [5, 5.41) is 9.27. The van der Waals surface area contributed by atoms with Crippen molar-refractivity contribution in [2.45, 2.75) is 31.7 Å². The number of aliphatic hydroxyl groups is 1. The number of amides is 1. The lowest BCUT2D eigenvalue weighted by Crippen LogP contribution is -2.46. The van der Waals surface area contributed by atoms with Crippen LogP contribution in [0.4, 0.5) is 4.39 Å². The number of aliphatic hydroxyl groups excluding tert-OH is 1. The minimum absolute atomic E-state index is 0.0142. The van der Waals surface area contributed by atoms with Gasteiger partial charge in [0, 0.05) is 6.54 Å². The van der Waals surface area contributed by atoms with Crippen molar-refractivity contribution in [3.63, 3.8) is 0 Å². The number of piperidine rings is 1. The van der Waals surface area contributed by atoms with Gasteiger partial charge < -0.3 is 10.0 Å². The van der Waals surface area contributed by atoms with Gasteiger partial charge in [0.05, 0.1) is 19.1 Å². The van der Waals surface area contributed by atoms with Crippen LogP contribution in [0.1, 0.15) is 24.8 Å². The topological polar surface area (TPSA) is 40.5 Å². The van der Waals surface area contributed by atoms with Crippen LogP contribution < -0.4 is 0 Å². The molecule has 4 heteroatoms. The van der Waals surface area contributed by atoms with Gasteiger partial charge in [-0.05, 0) is 37.0 Å². The number of benzene rings is 1. The second-order valence-electron chi connectivity index (χ2n) is 4.72. The Bertz CT molecular complexity index is 405. The molecule has 1 fully saturated rings. The van der Waals surface area contributed by atoms with Gasteiger partial charge in [-0.2, -0.15) is 0 Å². The number of halogens is 1. The first-order valence-electron chi connectivity index (χ1n) is 6.35. The molecule has 1 N–H and O–H groups in total. The molecule has 1 heterocycles. The third kappa shape index (κ3) is 3.07. The molecule has 1 saturated heterocycles. The van der Waals surface area contributed by atoms with E-state index in [1.54, 1.807) is 17.0 Å². The maximum absolute atomic E-state index is 12.8. The van der Waals surface area contributed by atoms with E-state index in [0.717, 1.165) is 24.8 Å². The number of hydrogen-bond donors (Lipinski definition) is 1. The van der Waals surface area contributed by atoms with Crippen molar-refractivity contribution in [2.75, 3.05) is 13.2 Å². The van der Waals surface area contributed by atoms with Gasteiger partial charge in [-0.25, -0.2) is 4.39 Å². The number of carbonyl (C=O) groups is 1. The summed E-state index contributed by atoms with van der Waals surface area (Å²) in [6.45, 7) is 0.737. The minimum Gasteiger partial charge on any atom is -0.394 e. The molecular weight excluding hydrogens is 233 g/mol. The molecule has 1 atom stereocenters. The van der Waals surface area contributed by atoms with E-state index < -0.39 is 0 Å². The number of likely N-dealkylation sites (tertiary alicyclic amines) is 1. The number of nitrogens with zero attached hydrogens (tertiary/aromatic N) is 1. The summed E-state index contributed by atoms with van der Waals surface area (Å²) in [5.41, 5.74) is 0.809. The Hall–Kier alpha value is -1.42. The molecule has 2 rings (SSSR count). The second kappa shape index (κ2) is 5.96. The molecule has 0 saturated carbocycles. The van der Waals surface area contributed by atoms with E-state index >= 15 is 0 Å². The molecule has 1 aliphatic rings. The van der Waals surface area contributed by atoms with Crippen molar-refractivity contribution in [3.05, 3.63) is 35.6 Å². The van der Waals surface area contributed by atoms with E-state index in [-0.39, 0.29) is 30.8 Å². The quantitative estimate of drug-likeness (QED) is 0.889. The van der Waals surface area contributed by atoms with Crippen molar-refractivity contribution in [3.8, 4) is 0 Å². The SMILES string of the molecule is O=C(Cc1ccc(F)cc1)N1CCCCC1CO. The lowest BCUT2D eigenvalue weighted by molar-refractivity contribution is -0.135. The molecule has 0 spiro atoms. The van der Waals surface area contributed by atoms with Gasteiger partial charge in [-0.3, -0.25) is 4.79 Å². The molecule has 0 bridgehead atoms. The summed E-state index contributed by atoms with van der Waals surface area (Å²) >= 11 is 0.